The first-order valence-corrected chi connectivity index (χ1v) is 14.0. The second kappa shape index (κ2) is 11.0. The number of benzene rings is 3. The van der Waals surface area contributed by atoms with Crippen molar-refractivity contribution >= 4 is 22.6 Å². The largest absolute Gasteiger partial charge is 0.494 e. The molecule has 6 rings (SSSR count). The van der Waals surface area contributed by atoms with Gasteiger partial charge in [0.2, 0.25) is 12.7 Å². The van der Waals surface area contributed by atoms with Gasteiger partial charge in [-0.25, -0.2) is 4.98 Å². The van der Waals surface area contributed by atoms with Crippen molar-refractivity contribution in [2.75, 3.05) is 24.8 Å². The SMILES string of the molecule is CCC(C)c1ccc(OCCCCn2c(C3CC(=O)N(c4ccc5c(c4)OCO5)C3)nc3ccccc32)cc1. The predicted molar refractivity (Wildman–Crippen MR) is 152 cm³/mol. The fraction of sp³-hybridized carbons (Fsp3) is 0.375. The Morgan fingerprint density at radius 3 is 2.69 bits per heavy atom. The van der Waals surface area contributed by atoms with Crippen molar-refractivity contribution in [3.05, 3.63) is 78.1 Å². The molecule has 2 aliphatic rings. The van der Waals surface area contributed by atoms with Crippen LogP contribution in [0.25, 0.3) is 11.0 Å². The van der Waals surface area contributed by atoms with Crippen molar-refractivity contribution in [1.82, 2.24) is 9.55 Å². The molecule has 3 heterocycles. The molecule has 7 nitrogen and oxygen atoms in total. The Morgan fingerprint density at radius 1 is 1.03 bits per heavy atom. The summed E-state index contributed by atoms with van der Waals surface area (Å²) in [7, 11) is 0. The van der Waals surface area contributed by atoms with Gasteiger partial charge in [0.05, 0.1) is 17.6 Å². The number of aromatic nitrogens is 2. The van der Waals surface area contributed by atoms with Crippen LogP contribution in [0.4, 0.5) is 5.69 Å². The zero-order valence-electron chi connectivity index (χ0n) is 22.6. The molecule has 0 spiro atoms. The summed E-state index contributed by atoms with van der Waals surface area (Å²) in [5, 5.41) is 0. The highest BCUT2D eigenvalue weighted by Gasteiger charge is 2.35. The van der Waals surface area contributed by atoms with Gasteiger partial charge in [0.25, 0.3) is 0 Å². The first-order chi connectivity index (χ1) is 19.1. The first kappa shape index (κ1) is 25.3. The van der Waals surface area contributed by atoms with Crippen LogP contribution in [0.3, 0.4) is 0 Å². The molecule has 2 unspecified atom stereocenters. The number of carbonyl (C=O) groups excluding carboxylic acids is 1. The van der Waals surface area contributed by atoms with E-state index in [1.807, 2.05) is 35.2 Å². The minimum Gasteiger partial charge on any atom is -0.494 e. The Hall–Kier alpha value is -4.00. The van der Waals surface area contributed by atoms with Gasteiger partial charge >= 0.3 is 0 Å². The Bertz CT molecular complexity index is 1460. The van der Waals surface area contributed by atoms with Crippen molar-refractivity contribution in [1.29, 1.82) is 0 Å². The van der Waals surface area contributed by atoms with Gasteiger partial charge in [0.1, 0.15) is 11.6 Å². The van der Waals surface area contributed by atoms with E-state index < -0.39 is 0 Å². The summed E-state index contributed by atoms with van der Waals surface area (Å²) in [5.74, 6) is 4.00. The molecule has 1 amide bonds. The van der Waals surface area contributed by atoms with Crippen molar-refractivity contribution in [2.24, 2.45) is 0 Å². The molecule has 0 radical (unpaired) electrons. The molecular formula is C32H35N3O4. The molecule has 2 aliphatic heterocycles. The Labute approximate surface area is 229 Å². The summed E-state index contributed by atoms with van der Waals surface area (Å²) in [6.07, 6.45) is 3.47. The zero-order valence-corrected chi connectivity index (χ0v) is 22.6. The van der Waals surface area contributed by atoms with Gasteiger partial charge in [-0.3, -0.25) is 4.79 Å². The second-order valence-electron chi connectivity index (χ2n) is 10.5. The number of anilines is 1. The Kier molecular flexibility index (Phi) is 7.14. The number of nitrogens with zero attached hydrogens (tertiary/aromatic N) is 3. The molecule has 0 saturated carbocycles. The average Bonchev–Trinajstić information content (AvgIpc) is 3.69. The summed E-state index contributed by atoms with van der Waals surface area (Å²) in [6, 6.07) is 22.4. The van der Waals surface area contributed by atoms with Gasteiger partial charge in [0.15, 0.2) is 11.5 Å². The highest BCUT2D eigenvalue weighted by Crippen LogP contribution is 2.39. The molecular weight excluding hydrogens is 490 g/mol. The molecule has 1 saturated heterocycles. The number of fused-ring (bicyclic) bond motifs is 2. The Balaban J connectivity index is 1.12. The second-order valence-corrected chi connectivity index (χ2v) is 10.5. The number of carbonyl (C=O) groups is 1. The van der Waals surface area contributed by atoms with Crippen molar-refractivity contribution in [3.63, 3.8) is 0 Å². The van der Waals surface area contributed by atoms with Crippen LogP contribution in [0.15, 0.2) is 66.7 Å². The molecule has 7 heteroatoms. The maximum atomic E-state index is 13.1. The number of ether oxygens (including phenoxy) is 3. The minimum absolute atomic E-state index is 0.0237. The lowest BCUT2D eigenvalue weighted by atomic mass is 9.99. The molecule has 3 aromatic carbocycles. The van der Waals surface area contributed by atoms with E-state index >= 15 is 0 Å². The third-order valence-corrected chi connectivity index (χ3v) is 7.95. The molecule has 0 bridgehead atoms. The van der Waals surface area contributed by atoms with Crippen LogP contribution in [0.5, 0.6) is 17.2 Å². The van der Waals surface area contributed by atoms with Crippen molar-refractivity contribution < 1.29 is 19.0 Å². The van der Waals surface area contributed by atoms with E-state index in [2.05, 4.69) is 54.8 Å². The third-order valence-electron chi connectivity index (χ3n) is 7.95. The van der Waals surface area contributed by atoms with Gasteiger partial charge in [-0.1, -0.05) is 38.1 Å². The maximum absolute atomic E-state index is 13.1. The topological polar surface area (TPSA) is 65.8 Å². The first-order valence-electron chi connectivity index (χ1n) is 14.0. The van der Waals surface area contributed by atoms with Crippen LogP contribution in [0, 0.1) is 0 Å². The predicted octanol–water partition coefficient (Wildman–Crippen LogP) is 6.66. The van der Waals surface area contributed by atoms with E-state index in [1.54, 1.807) is 0 Å². The lowest BCUT2D eigenvalue weighted by Crippen LogP contribution is -2.24. The molecule has 39 heavy (non-hydrogen) atoms. The highest BCUT2D eigenvalue weighted by atomic mass is 16.7. The van der Waals surface area contributed by atoms with Crippen LogP contribution in [-0.4, -0.2) is 35.4 Å². The fourth-order valence-corrected chi connectivity index (χ4v) is 5.51. The number of imidazole rings is 1. The minimum atomic E-state index is 0.0237. The van der Waals surface area contributed by atoms with Crippen molar-refractivity contribution in [2.45, 2.75) is 57.9 Å². The van der Waals surface area contributed by atoms with Crippen LogP contribution in [0.1, 0.15) is 62.8 Å². The molecule has 2 atom stereocenters. The van der Waals surface area contributed by atoms with E-state index in [-0.39, 0.29) is 18.6 Å². The van der Waals surface area contributed by atoms with E-state index in [4.69, 9.17) is 19.2 Å². The van der Waals surface area contributed by atoms with Crippen LogP contribution < -0.4 is 19.1 Å². The monoisotopic (exact) mass is 525 g/mol. The van der Waals surface area contributed by atoms with E-state index in [9.17, 15) is 4.79 Å². The van der Waals surface area contributed by atoms with E-state index in [1.165, 1.54) is 5.56 Å². The van der Waals surface area contributed by atoms with Gasteiger partial charge in [-0.05, 0) is 67.1 Å². The zero-order chi connectivity index (χ0) is 26.8. The van der Waals surface area contributed by atoms with Crippen LogP contribution in [-0.2, 0) is 11.3 Å². The van der Waals surface area contributed by atoms with Gasteiger partial charge in [-0.2, -0.15) is 0 Å². The molecule has 1 aromatic heterocycles. The Morgan fingerprint density at radius 2 is 1.85 bits per heavy atom. The van der Waals surface area contributed by atoms with Crippen LogP contribution >= 0.6 is 0 Å². The number of rotatable bonds is 10. The molecule has 1 fully saturated rings. The lowest BCUT2D eigenvalue weighted by Gasteiger charge is -2.18. The maximum Gasteiger partial charge on any atom is 0.231 e. The van der Waals surface area contributed by atoms with E-state index in [0.717, 1.165) is 59.9 Å². The molecule has 4 aromatic rings. The summed E-state index contributed by atoms with van der Waals surface area (Å²) < 4.78 is 19.3. The lowest BCUT2D eigenvalue weighted by molar-refractivity contribution is -0.117. The van der Waals surface area contributed by atoms with Gasteiger partial charge in [0, 0.05) is 37.2 Å². The molecule has 202 valence electrons. The summed E-state index contributed by atoms with van der Waals surface area (Å²) >= 11 is 0. The standard InChI is InChI=1S/C32H35N3O4/c1-3-22(2)23-10-13-26(14-11-23)37-17-7-6-16-34-28-9-5-4-8-27(28)33-32(34)24-18-31(36)35(20-24)25-12-15-29-30(19-25)39-21-38-29/h4-5,8-15,19,22,24H,3,6-7,16-18,20-21H2,1-2H3. The van der Waals surface area contributed by atoms with Gasteiger partial charge < -0.3 is 23.7 Å². The summed E-state index contributed by atoms with van der Waals surface area (Å²) in [4.78, 5) is 19.9. The number of hydrogen-bond donors (Lipinski definition) is 0. The highest BCUT2D eigenvalue weighted by molar-refractivity contribution is 5.97. The number of unbranched alkanes of at least 4 members (excludes halogenated alkanes) is 1. The smallest absolute Gasteiger partial charge is 0.231 e. The normalized spacial score (nSPS) is 17.2. The number of aryl methyl sites for hydroxylation is 1. The third kappa shape index (κ3) is 5.18. The number of amides is 1. The fourth-order valence-electron chi connectivity index (χ4n) is 5.51. The van der Waals surface area contributed by atoms with Crippen LogP contribution in [0.2, 0.25) is 0 Å². The average molecular weight is 526 g/mol. The summed E-state index contributed by atoms with van der Waals surface area (Å²) in [6.45, 7) is 6.78. The summed E-state index contributed by atoms with van der Waals surface area (Å²) in [5.41, 5.74) is 4.28. The van der Waals surface area contributed by atoms with Gasteiger partial charge in [-0.15, -0.1) is 0 Å². The quantitative estimate of drug-likeness (QED) is 0.217. The number of hydrogen-bond acceptors (Lipinski definition) is 5. The number of para-hydroxylation sites is 2. The van der Waals surface area contributed by atoms with Crippen molar-refractivity contribution in [3.8, 4) is 17.2 Å². The molecule has 0 aliphatic carbocycles. The molecule has 0 N–H and O–H groups in total. The van der Waals surface area contributed by atoms with E-state index in [0.29, 0.717) is 31.2 Å².